The number of hydrogen-bond acceptors (Lipinski definition) is 7. The fraction of sp³-hybridized carbons (Fsp3) is 0.250. The molecule has 1 aliphatic heterocycles. The summed E-state index contributed by atoms with van der Waals surface area (Å²) in [5.41, 5.74) is 2.31. The Labute approximate surface area is 148 Å². The van der Waals surface area contributed by atoms with E-state index in [2.05, 4.69) is 25.7 Å². The van der Waals surface area contributed by atoms with Crippen LogP contribution in [0.2, 0.25) is 0 Å². The number of amides is 1. The van der Waals surface area contributed by atoms with E-state index >= 15 is 0 Å². The molecule has 0 radical (unpaired) electrons. The average Bonchev–Trinajstić information content (AvgIpc) is 3.21. The van der Waals surface area contributed by atoms with Crippen LogP contribution in [-0.2, 0) is 33.2 Å². The highest BCUT2D eigenvalue weighted by atomic mass is 32.2. The fourth-order valence-electron chi connectivity index (χ4n) is 2.78. The Bertz CT molecular complexity index is 1060. The van der Waals surface area contributed by atoms with Crippen LogP contribution in [0.25, 0.3) is 11.6 Å². The predicted molar refractivity (Wildman–Crippen MR) is 91.9 cm³/mol. The van der Waals surface area contributed by atoms with Crippen molar-refractivity contribution in [2.75, 3.05) is 11.1 Å². The van der Waals surface area contributed by atoms with Crippen molar-refractivity contribution < 1.29 is 17.7 Å². The number of aromatic nitrogens is 4. The van der Waals surface area contributed by atoms with Gasteiger partial charge in [-0.1, -0.05) is 23.4 Å². The number of nitrogens with zero attached hydrogens (tertiary/aromatic N) is 3. The average molecular weight is 373 g/mol. The fourth-order valence-corrected chi connectivity index (χ4v) is 4.19. The minimum Gasteiger partial charge on any atom is -0.332 e. The molecule has 0 saturated heterocycles. The van der Waals surface area contributed by atoms with Crippen LogP contribution in [0.5, 0.6) is 0 Å². The third kappa shape index (κ3) is 3.36. The molecule has 3 aromatic rings. The molecule has 9 nitrogen and oxygen atoms in total. The lowest BCUT2D eigenvalue weighted by Gasteiger charge is -2.11. The Balaban J connectivity index is 1.51. The number of aromatic amines is 1. The molecule has 0 spiro atoms. The molecule has 2 aromatic heterocycles. The second kappa shape index (κ2) is 6.37. The molecule has 1 amide bonds. The minimum absolute atomic E-state index is 0.0662. The molecule has 2 N–H and O–H groups in total. The highest BCUT2D eigenvalue weighted by Gasteiger charge is 2.29. The molecule has 0 unspecified atom stereocenters. The van der Waals surface area contributed by atoms with Crippen molar-refractivity contribution in [3.63, 3.8) is 0 Å². The van der Waals surface area contributed by atoms with Gasteiger partial charge in [-0.2, -0.15) is 10.1 Å². The summed E-state index contributed by atoms with van der Waals surface area (Å²) in [6.45, 7) is 0. The smallest absolute Gasteiger partial charge is 0.278 e. The Morgan fingerprint density at radius 2 is 2.08 bits per heavy atom. The first-order valence-electron chi connectivity index (χ1n) is 7.94. The van der Waals surface area contributed by atoms with Gasteiger partial charge in [-0.15, -0.1) is 0 Å². The van der Waals surface area contributed by atoms with Gasteiger partial charge in [0.2, 0.25) is 5.91 Å². The molecule has 10 heteroatoms. The van der Waals surface area contributed by atoms with Crippen molar-refractivity contribution in [1.29, 1.82) is 0 Å². The standard InChI is InChI=1S/C16H15N5O4S/c22-14(17-10-4-2-1-3-5-10)8-13-18-16(25-21-13)15-11-9-26(23,24)7-6-12(11)19-20-15/h1-5H,6-9H2,(H,17,22)(H,19,20). The maximum atomic E-state index is 12.1. The van der Waals surface area contributed by atoms with E-state index in [-0.39, 0.29) is 35.5 Å². The second-order valence-corrected chi connectivity index (χ2v) is 8.16. The van der Waals surface area contributed by atoms with E-state index in [9.17, 15) is 13.2 Å². The van der Waals surface area contributed by atoms with Crippen molar-refractivity contribution in [3.8, 4) is 11.6 Å². The molecule has 0 aliphatic carbocycles. The van der Waals surface area contributed by atoms with Crippen LogP contribution < -0.4 is 5.32 Å². The first-order valence-corrected chi connectivity index (χ1v) is 9.77. The summed E-state index contributed by atoms with van der Waals surface area (Å²) in [5, 5.41) is 13.5. The van der Waals surface area contributed by atoms with Gasteiger partial charge in [0, 0.05) is 23.4 Å². The zero-order valence-electron chi connectivity index (χ0n) is 13.6. The van der Waals surface area contributed by atoms with Crippen molar-refractivity contribution in [3.05, 3.63) is 47.4 Å². The van der Waals surface area contributed by atoms with Gasteiger partial charge < -0.3 is 9.84 Å². The lowest BCUT2D eigenvalue weighted by Crippen LogP contribution is -2.18. The predicted octanol–water partition coefficient (Wildman–Crippen LogP) is 1.11. The number of anilines is 1. The number of H-pyrrole nitrogens is 1. The summed E-state index contributed by atoms with van der Waals surface area (Å²) in [7, 11) is -3.16. The first kappa shape index (κ1) is 16.5. The van der Waals surface area contributed by atoms with Crippen molar-refractivity contribution in [2.24, 2.45) is 0 Å². The van der Waals surface area contributed by atoms with E-state index < -0.39 is 9.84 Å². The molecule has 1 aliphatic rings. The largest absolute Gasteiger partial charge is 0.332 e. The third-order valence-corrected chi connectivity index (χ3v) is 5.58. The molecule has 0 bridgehead atoms. The summed E-state index contributed by atoms with van der Waals surface area (Å²) >= 11 is 0. The first-order chi connectivity index (χ1) is 12.5. The molecule has 134 valence electrons. The zero-order valence-corrected chi connectivity index (χ0v) is 14.4. The van der Waals surface area contributed by atoms with Gasteiger partial charge in [0.05, 0.1) is 17.9 Å². The number of sulfone groups is 1. The molecular weight excluding hydrogens is 358 g/mol. The number of aryl methyl sites for hydroxylation is 1. The van der Waals surface area contributed by atoms with Crippen LogP contribution in [-0.4, -0.2) is 40.4 Å². The zero-order chi connectivity index (χ0) is 18.1. The molecule has 1 aromatic carbocycles. The number of nitrogens with one attached hydrogen (secondary N) is 2. The van der Waals surface area contributed by atoms with E-state index in [1.54, 1.807) is 12.1 Å². The number of hydrogen-bond donors (Lipinski definition) is 2. The monoisotopic (exact) mass is 373 g/mol. The van der Waals surface area contributed by atoms with E-state index in [0.29, 0.717) is 23.4 Å². The molecule has 0 fully saturated rings. The third-order valence-electron chi connectivity index (χ3n) is 4.03. The summed E-state index contributed by atoms with van der Waals surface area (Å²) in [4.78, 5) is 16.2. The second-order valence-electron chi connectivity index (χ2n) is 5.98. The number of fused-ring (bicyclic) bond motifs is 1. The lowest BCUT2D eigenvalue weighted by molar-refractivity contribution is -0.115. The molecule has 0 saturated carbocycles. The van der Waals surface area contributed by atoms with Gasteiger partial charge in [-0.05, 0) is 12.1 Å². The Morgan fingerprint density at radius 3 is 2.88 bits per heavy atom. The number of carbonyl (C=O) groups excluding carboxylic acids is 1. The number of carbonyl (C=O) groups is 1. The molecule has 26 heavy (non-hydrogen) atoms. The summed E-state index contributed by atoms with van der Waals surface area (Å²) in [6, 6.07) is 9.03. The van der Waals surface area contributed by atoms with Crippen LogP contribution in [0.4, 0.5) is 5.69 Å². The van der Waals surface area contributed by atoms with Crippen LogP contribution in [0.15, 0.2) is 34.9 Å². The van der Waals surface area contributed by atoms with Crippen LogP contribution >= 0.6 is 0 Å². The molecule has 3 heterocycles. The number of benzene rings is 1. The maximum absolute atomic E-state index is 12.1. The quantitative estimate of drug-likeness (QED) is 0.700. The van der Waals surface area contributed by atoms with Gasteiger partial charge in [0.1, 0.15) is 0 Å². The van der Waals surface area contributed by atoms with E-state index in [1.807, 2.05) is 18.2 Å². The van der Waals surface area contributed by atoms with Crippen LogP contribution in [0, 0.1) is 0 Å². The minimum atomic E-state index is -3.16. The van der Waals surface area contributed by atoms with Gasteiger partial charge >= 0.3 is 0 Å². The van der Waals surface area contributed by atoms with Gasteiger partial charge in [-0.25, -0.2) is 8.42 Å². The summed E-state index contributed by atoms with van der Waals surface area (Å²) in [5.74, 6) is -0.00217. The van der Waals surface area contributed by atoms with Crippen molar-refractivity contribution in [1.82, 2.24) is 20.3 Å². The summed E-state index contributed by atoms with van der Waals surface area (Å²) in [6.07, 6.45) is 0.314. The summed E-state index contributed by atoms with van der Waals surface area (Å²) < 4.78 is 28.9. The van der Waals surface area contributed by atoms with Crippen LogP contribution in [0.3, 0.4) is 0 Å². The highest BCUT2D eigenvalue weighted by Crippen LogP contribution is 2.28. The number of para-hydroxylation sites is 1. The Morgan fingerprint density at radius 1 is 1.27 bits per heavy atom. The van der Waals surface area contributed by atoms with E-state index in [1.165, 1.54) is 0 Å². The lowest BCUT2D eigenvalue weighted by atomic mass is 10.1. The molecule has 4 rings (SSSR count). The van der Waals surface area contributed by atoms with E-state index in [4.69, 9.17) is 4.52 Å². The van der Waals surface area contributed by atoms with Gasteiger partial charge in [-0.3, -0.25) is 9.89 Å². The van der Waals surface area contributed by atoms with Crippen molar-refractivity contribution >= 4 is 21.4 Å². The SMILES string of the molecule is O=C(Cc1noc(-c2n[nH]c3c2CS(=O)(=O)CC3)n1)Nc1ccccc1. The molecular formula is C16H15N5O4S. The topological polar surface area (TPSA) is 131 Å². The Hall–Kier alpha value is -3.01. The normalized spacial score (nSPS) is 15.4. The van der Waals surface area contributed by atoms with Gasteiger partial charge in [0.15, 0.2) is 21.4 Å². The highest BCUT2D eigenvalue weighted by molar-refractivity contribution is 7.90. The van der Waals surface area contributed by atoms with Gasteiger partial charge in [0.25, 0.3) is 5.89 Å². The molecule has 0 atom stereocenters. The van der Waals surface area contributed by atoms with Crippen LogP contribution in [0.1, 0.15) is 17.1 Å². The van der Waals surface area contributed by atoms with E-state index in [0.717, 1.165) is 5.69 Å². The Kier molecular flexibility index (Phi) is 4.03. The number of rotatable bonds is 4. The maximum Gasteiger partial charge on any atom is 0.278 e. The van der Waals surface area contributed by atoms with Crippen molar-refractivity contribution in [2.45, 2.75) is 18.6 Å².